The normalized spacial score (nSPS) is 15.6. The van der Waals surface area contributed by atoms with Crippen LogP contribution in [0.2, 0.25) is 0 Å². The molecule has 17 heavy (non-hydrogen) atoms. The van der Waals surface area contributed by atoms with E-state index in [-0.39, 0.29) is 0 Å². The number of aromatic nitrogens is 2. The van der Waals surface area contributed by atoms with Gasteiger partial charge < -0.3 is 16.0 Å². The molecule has 0 atom stereocenters. The first kappa shape index (κ1) is 12.1. The molecule has 1 aromatic heterocycles. The van der Waals surface area contributed by atoms with Crippen molar-refractivity contribution >= 4 is 11.8 Å². The highest BCUT2D eigenvalue weighted by atomic mass is 15.1. The van der Waals surface area contributed by atoms with Crippen LogP contribution in [0.25, 0.3) is 0 Å². The van der Waals surface area contributed by atoms with Crippen molar-refractivity contribution < 1.29 is 0 Å². The Bertz CT molecular complexity index is 391. The highest BCUT2D eigenvalue weighted by Gasteiger charge is 2.19. The van der Waals surface area contributed by atoms with Crippen molar-refractivity contribution in [2.45, 2.75) is 32.7 Å². The summed E-state index contributed by atoms with van der Waals surface area (Å²) in [5, 5.41) is 3.38. The molecule has 5 nitrogen and oxygen atoms in total. The highest BCUT2D eigenvalue weighted by Crippen LogP contribution is 2.23. The second kappa shape index (κ2) is 5.31. The predicted molar refractivity (Wildman–Crippen MR) is 69.9 cm³/mol. The molecule has 2 heterocycles. The van der Waals surface area contributed by atoms with Gasteiger partial charge in [0, 0.05) is 25.2 Å². The van der Waals surface area contributed by atoms with Crippen molar-refractivity contribution in [3.63, 3.8) is 0 Å². The van der Waals surface area contributed by atoms with Crippen molar-refractivity contribution in [3.05, 3.63) is 11.3 Å². The van der Waals surface area contributed by atoms with Crippen LogP contribution in [0.1, 0.15) is 31.0 Å². The average Bonchev–Trinajstić information content (AvgIpc) is 2.28. The highest BCUT2D eigenvalue weighted by molar-refractivity contribution is 5.50. The predicted octanol–water partition coefficient (Wildman–Crippen LogP) is 1.26. The molecule has 0 radical (unpaired) electrons. The summed E-state index contributed by atoms with van der Waals surface area (Å²) in [6.07, 6.45) is 3.33. The van der Waals surface area contributed by atoms with Crippen LogP contribution in [0.3, 0.4) is 0 Å². The van der Waals surface area contributed by atoms with E-state index in [1.165, 1.54) is 12.0 Å². The number of hydrogen-bond donors (Lipinski definition) is 2. The summed E-state index contributed by atoms with van der Waals surface area (Å²) in [7, 11) is 2.10. The second-order valence-corrected chi connectivity index (χ2v) is 4.62. The van der Waals surface area contributed by atoms with E-state index in [2.05, 4.69) is 34.2 Å². The first-order valence-electron chi connectivity index (χ1n) is 6.28. The number of rotatable bonds is 4. The van der Waals surface area contributed by atoms with Crippen LogP contribution < -0.4 is 11.1 Å². The number of hydrogen-bond acceptors (Lipinski definition) is 5. The summed E-state index contributed by atoms with van der Waals surface area (Å²) in [4.78, 5) is 10.9. The lowest BCUT2D eigenvalue weighted by Crippen LogP contribution is -2.29. The molecule has 0 amide bonds. The Morgan fingerprint density at radius 1 is 1.41 bits per heavy atom. The Kier molecular flexibility index (Phi) is 3.78. The van der Waals surface area contributed by atoms with E-state index in [0.29, 0.717) is 5.95 Å². The Morgan fingerprint density at radius 3 is 3.00 bits per heavy atom. The first-order chi connectivity index (χ1) is 8.20. The van der Waals surface area contributed by atoms with Crippen molar-refractivity contribution in [2.75, 3.05) is 31.2 Å². The third-order valence-corrected chi connectivity index (χ3v) is 3.10. The molecule has 0 saturated carbocycles. The van der Waals surface area contributed by atoms with Crippen LogP contribution in [-0.4, -0.2) is 35.0 Å². The molecule has 1 aromatic rings. The number of nitrogens with zero attached hydrogens (tertiary/aromatic N) is 3. The Hall–Kier alpha value is -1.36. The van der Waals surface area contributed by atoms with E-state index in [4.69, 9.17) is 5.73 Å². The molecule has 1 aliphatic heterocycles. The van der Waals surface area contributed by atoms with Gasteiger partial charge in [0.05, 0.1) is 5.69 Å². The minimum Gasteiger partial charge on any atom is -0.370 e. The summed E-state index contributed by atoms with van der Waals surface area (Å²) in [5.41, 5.74) is 8.07. The zero-order valence-corrected chi connectivity index (χ0v) is 10.7. The minimum atomic E-state index is 0.373. The van der Waals surface area contributed by atoms with Crippen LogP contribution in [-0.2, 0) is 13.0 Å². The fraction of sp³-hybridized carbons (Fsp3) is 0.667. The van der Waals surface area contributed by atoms with Gasteiger partial charge in [-0.25, -0.2) is 4.98 Å². The van der Waals surface area contributed by atoms with Crippen molar-refractivity contribution in [1.82, 2.24) is 14.9 Å². The molecule has 0 bridgehead atoms. The van der Waals surface area contributed by atoms with Crippen LogP contribution in [0, 0.1) is 0 Å². The van der Waals surface area contributed by atoms with Gasteiger partial charge in [-0.15, -0.1) is 0 Å². The van der Waals surface area contributed by atoms with Crippen LogP contribution in [0.15, 0.2) is 0 Å². The maximum Gasteiger partial charge on any atom is 0.222 e. The number of nitrogens with one attached hydrogen (secondary N) is 1. The minimum absolute atomic E-state index is 0.373. The molecule has 0 aromatic carbocycles. The van der Waals surface area contributed by atoms with Crippen molar-refractivity contribution in [2.24, 2.45) is 0 Å². The first-order valence-corrected chi connectivity index (χ1v) is 6.28. The SMILES string of the molecule is CCCCNc1nc(N)nc2c1CCN(C)C2. The fourth-order valence-corrected chi connectivity index (χ4v) is 2.11. The van der Waals surface area contributed by atoms with Crippen molar-refractivity contribution in [1.29, 1.82) is 0 Å². The van der Waals surface area contributed by atoms with E-state index >= 15 is 0 Å². The summed E-state index contributed by atoms with van der Waals surface area (Å²) < 4.78 is 0. The summed E-state index contributed by atoms with van der Waals surface area (Å²) >= 11 is 0. The number of nitrogen functional groups attached to an aromatic ring is 1. The lowest BCUT2D eigenvalue weighted by molar-refractivity contribution is 0.307. The Labute approximate surface area is 102 Å². The standard InChI is InChI=1S/C12H21N5/c1-3-4-6-14-11-9-5-7-17(2)8-10(9)15-12(13)16-11/h3-8H2,1-2H3,(H3,13,14,15,16). The molecular formula is C12H21N5. The third-order valence-electron chi connectivity index (χ3n) is 3.10. The summed E-state index contributed by atoms with van der Waals surface area (Å²) in [6.45, 7) is 5.06. The second-order valence-electron chi connectivity index (χ2n) is 4.62. The molecule has 0 aliphatic carbocycles. The molecule has 2 rings (SSSR count). The van der Waals surface area contributed by atoms with Crippen molar-refractivity contribution in [3.8, 4) is 0 Å². The monoisotopic (exact) mass is 235 g/mol. The van der Waals surface area contributed by atoms with E-state index in [0.717, 1.165) is 44.0 Å². The molecule has 3 N–H and O–H groups in total. The fourth-order valence-electron chi connectivity index (χ4n) is 2.11. The summed E-state index contributed by atoms with van der Waals surface area (Å²) in [6, 6.07) is 0. The van der Waals surface area contributed by atoms with E-state index < -0.39 is 0 Å². The number of fused-ring (bicyclic) bond motifs is 1. The quantitative estimate of drug-likeness (QED) is 0.769. The topological polar surface area (TPSA) is 67.1 Å². The maximum atomic E-state index is 5.75. The number of anilines is 2. The van der Waals surface area contributed by atoms with Gasteiger partial charge in [-0.05, 0) is 19.9 Å². The lowest BCUT2D eigenvalue weighted by atomic mass is 10.1. The van der Waals surface area contributed by atoms with Gasteiger partial charge in [-0.1, -0.05) is 13.3 Å². The Balaban J connectivity index is 2.20. The number of unbranched alkanes of at least 4 members (excludes halogenated alkanes) is 1. The molecule has 0 fully saturated rings. The van der Waals surface area contributed by atoms with Gasteiger partial charge in [0.25, 0.3) is 0 Å². The van der Waals surface area contributed by atoms with E-state index in [1.807, 2.05) is 0 Å². The van der Waals surface area contributed by atoms with Gasteiger partial charge in [0.2, 0.25) is 5.95 Å². The van der Waals surface area contributed by atoms with Gasteiger partial charge in [-0.3, -0.25) is 0 Å². The molecule has 0 saturated heterocycles. The largest absolute Gasteiger partial charge is 0.370 e. The smallest absolute Gasteiger partial charge is 0.222 e. The van der Waals surface area contributed by atoms with Gasteiger partial charge >= 0.3 is 0 Å². The molecular weight excluding hydrogens is 214 g/mol. The lowest BCUT2D eigenvalue weighted by Gasteiger charge is -2.25. The van der Waals surface area contributed by atoms with Crippen LogP contribution >= 0.6 is 0 Å². The average molecular weight is 235 g/mol. The van der Waals surface area contributed by atoms with E-state index in [1.54, 1.807) is 0 Å². The molecule has 94 valence electrons. The van der Waals surface area contributed by atoms with Gasteiger partial charge in [-0.2, -0.15) is 4.98 Å². The van der Waals surface area contributed by atoms with Crippen LogP contribution in [0.4, 0.5) is 11.8 Å². The van der Waals surface area contributed by atoms with E-state index in [9.17, 15) is 0 Å². The molecule has 0 spiro atoms. The maximum absolute atomic E-state index is 5.75. The third kappa shape index (κ3) is 2.85. The van der Waals surface area contributed by atoms with Gasteiger partial charge in [0.15, 0.2) is 0 Å². The molecule has 5 heteroatoms. The van der Waals surface area contributed by atoms with Crippen LogP contribution in [0.5, 0.6) is 0 Å². The molecule has 0 unspecified atom stereocenters. The zero-order valence-electron chi connectivity index (χ0n) is 10.7. The zero-order chi connectivity index (χ0) is 12.3. The molecule has 1 aliphatic rings. The van der Waals surface area contributed by atoms with Gasteiger partial charge in [0.1, 0.15) is 5.82 Å². The number of likely N-dealkylation sites (N-methyl/N-ethyl adjacent to an activating group) is 1. The Morgan fingerprint density at radius 2 is 2.24 bits per heavy atom. The number of nitrogens with two attached hydrogens (primary N) is 1. The summed E-state index contributed by atoms with van der Waals surface area (Å²) in [5.74, 6) is 1.31.